The van der Waals surface area contributed by atoms with E-state index in [1.165, 1.54) is 18.9 Å². The average molecular weight is 314 g/mol. The molecule has 0 aromatic heterocycles. The van der Waals surface area contributed by atoms with Crippen LogP contribution in [0.2, 0.25) is 0 Å². The molecule has 23 heavy (non-hydrogen) atoms. The lowest BCUT2D eigenvalue weighted by Gasteiger charge is -2.21. The quantitative estimate of drug-likeness (QED) is 0.870. The van der Waals surface area contributed by atoms with Crippen molar-refractivity contribution in [2.24, 2.45) is 5.92 Å². The van der Waals surface area contributed by atoms with Crippen LogP contribution in [0.5, 0.6) is 5.75 Å². The van der Waals surface area contributed by atoms with E-state index in [2.05, 4.69) is 6.92 Å². The molecule has 0 heterocycles. The molecular formula is C20H23FO2. The van der Waals surface area contributed by atoms with Crippen molar-refractivity contribution in [1.29, 1.82) is 0 Å². The summed E-state index contributed by atoms with van der Waals surface area (Å²) in [6, 6.07) is 10.7. The van der Waals surface area contributed by atoms with Crippen molar-refractivity contribution in [2.75, 3.05) is 7.11 Å². The summed E-state index contributed by atoms with van der Waals surface area (Å²) in [4.78, 5) is 0. The molecule has 1 aliphatic carbocycles. The Kier molecular flexibility index (Phi) is 4.67. The third-order valence-corrected chi connectivity index (χ3v) is 5.02. The molecule has 2 aromatic rings. The van der Waals surface area contributed by atoms with Gasteiger partial charge in [-0.3, -0.25) is 0 Å². The summed E-state index contributed by atoms with van der Waals surface area (Å²) >= 11 is 0. The summed E-state index contributed by atoms with van der Waals surface area (Å²) in [6.07, 6.45) is 3.53. The maximum Gasteiger partial charge on any atom is 0.131 e. The van der Waals surface area contributed by atoms with Gasteiger partial charge in [0.15, 0.2) is 0 Å². The molecule has 0 bridgehead atoms. The number of ether oxygens (including phenoxy) is 1. The minimum atomic E-state index is -0.241. The van der Waals surface area contributed by atoms with E-state index in [1.54, 1.807) is 19.2 Å². The van der Waals surface area contributed by atoms with Crippen molar-refractivity contribution in [3.05, 3.63) is 53.3 Å². The molecule has 1 aliphatic rings. The third-order valence-electron chi connectivity index (χ3n) is 5.02. The van der Waals surface area contributed by atoms with E-state index in [9.17, 15) is 9.50 Å². The van der Waals surface area contributed by atoms with E-state index < -0.39 is 0 Å². The van der Waals surface area contributed by atoms with Crippen molar-refractivity contribution in [1.82, 2.24) is 0 Å². The average Bonchev–Trinajstić information content (AvgIpc) is 3.01. The highest BCUT2D eigenvalue weighted by Gasteiger charge is 2.28. The summed E-state index contributed by atoms with van der Waals surface area (Å²) in [5.41, 5.74) is 3.51. The summed E-state index contributed by atoms with van der Waals surface area (Å²) in [7, 11) is 1.59. The van der Waals surface area contributed by atoms with E-state index in [0.29, 0.717) is 23.1 Å². The van der Waals surface area contributed by atoms with Crippen LogP contribution in [0.25, 0.3) is 11.1 Å². The van der Waals surface area contributed by atoms with Gasteiger partial charge in [0.1, 0.15) is 11.6 Å². The molecule has 0 radical (unpaired) electrons. The van der Waals surface area contributed by atoms with Crippen molar-refractivity contribution >= 4 is 0 Å². The standard InChI is InChI=1S/C20H23FO2/c1-13-4-3-5-16(13)18-10-14(12-22)6-8-17(18)19-11-15(23-2)7-9-20(19)21/h6-11,13,16,22H,3-5,12H2,1-2H3/t13-,16+/m1/s1. The van der Waals surface area contributed by atoms with Crippen LogP contribution in [0.4, 0.5) is 4.39 Å². The number of benzene rings is 2. The van der Waals surface area contributed by atoms with Crippen molar-refractivity contribution in [3.63, 3.8) is 0 Å². The number of hydrogen-bond donors (Lipinski definition) is 1. The first kappa shape index (κ1) is 16.0. The fourth-order valence-corrected chi connectivity index (χ4v) is 3.71. The van der Waals surface area contributed by atoms with Crippen molar-refractivity contribution in [3.8, 4) is 16.9 Å². The largest absolute Gasteiger partial charge is 0.497 e. The number of aliphatic hydroxyl groups is 1. The van der Waals surface area contributed by atoms with E-state index in [0.717, 1.165) is 23.1 Å². The molecule has 1 fully saturated rings. The molecule has 2 nitrogen and oxygen atoms in total. The summed E-state index contributed by atoms with van der Waals surface area (Å²) in [5, 5.41) is 9.47. The van der Waals surface area contributed by atoms with Gasteiger partial charge < -0.3 is 9.84 Å². The van der Waals surface area contributed by atoms with E-state index >= 15 is 0 Å². The summed E-state index contributed by atoms with van der Waals surface area (Å²) < 4.78 is 19.7. The number of aliphatic hydroxyl groups excluding tert-OH is 1. The fourth-order valence-electron chi connectivity index (χ4n) is 3.71. The molecule has 2 atom stereocenters. The van der Waals surface area contributed by atoms with Crippen LogP contribution >= 0.6 is 0 Å². The summed E-state index contributed by atoms with van der Waals surface area (Å²) in [5.74, 6) is 1.41. The van der Waals surface area contributed by atoms with Crippen LogP contribution in [0, 0.1) is 11.7 Å². The third kappa shape index (κ3) is 3.11. The molecule has 122 valence electrons. The van der Waals surface area contributed by atoms with E-state index in [4.69, 9.17) is 4.74 Å². The molecule has 0 aliphatic heterocycles. The van der Waals surface area contributed by atoms with Crippen LogP contribution in [0.3, 0.4) is 0 Å². The first-order valence-corrected chi connectivity index (χ1v) is 8.21. The minimum absolute atomic E-state index is 0.00890. The van der Waals surface area contributed by atoms with Crippen LogP contribution in [-0.2, 0) is 6.61 Å². The second kappa shape index (κ2) is 6.71. The van der Waals surface area contributed by atoms with Gasteiger partial charge in [0, 0.05) is 5.56 Å². The zero-order chi connectivity index (χ0) is 16.4. The monoisotopic (exact) mass is 314 g/mol. The molecule has 0 spiro atoms. The second-order valence-electron chi connectivity index (χ2n) is 6.44. The number of methoxy groups -OCH3 is 1. The predicted molar refractivity (Wildman–Crippen MR) is 90.1 cm³/mol. The lowest BCUT2D eigenvalue weighted by atomic mass is 9.84. The van der Waals surface area contributed by atoms with Gasteiger partial charge in [-0.05, 0) is 53.1 Å². The SMILES string of the molecule is COc1ccc(F)c(-c2ccc(CO)cc2[C@H]2CCC[C@H]2C)c1. The van der Waals surface area contributed by atoms with Gasteiger partial charge in [0.2, 0.25) is 0 Å². The highest BCUT2D eigenvalue weighted by atomic mass is 19.1. The van der Waals surface area contributed by atoms with Crippen LogP contribution in [0.15, 0.2) is 36.4 Å². The molecule has 0 amide bonds. The lowest BCUT2D eigenvalue weighted by Crippen LogP contribution is -2.06. The number of rotatable bonds is 4. The normalized spacial score (nSPS) is 20.7. The topological polar surface area (TPSA) is 29.5 Å². The Labute approximate surface area is 136 Å². The highest BCUT2D eigenvalue weighted by molar-refractivity contribution is 5.70. The Balaban J connectivity index is 2.15. The number of halogens is 1. The van der Waals surface area contributed by atoms with Gasteiger partial charge >= 0.3 is 0 Å². The Morgan fingerprint density at radius 2 is 1.96 bits per heavy atom. The van der Waals surface area contributed by atoms with Gasteiger partial charge in [-0.25, -0.2) is 4.39 Å². The van der Waals surface area contributed by atoms with E-state index in [1.807, 2.05) is 18.2 Å². The van der Waals surface area contributed by atoms with E-state index in [-0.39, 0.29) is 12.4 Å². The maximum atomic E-state index is 14.4. The zero-order valence-corrected chi connectivity index (χ0v) is 13.7. The van der Waals surface area contributed by atoms with Gasteiger partial charge in [-0.1, -0.05) is 38.0 Å². The van der Waals surface area contributed by atoms with Gasteiger partial charge in [-0.2, -0.15) is 0 Å². The summed E-state index contributed by atoms with van der Waals surface area (Å²) in [6.45, 7) is 2.27. The molecule has 1 N–H and O–H groups in total. The lowest BCUT2D eigenvalue weighted by molar-refractivity contribution is 0.281. The van der Waals surface area contributed by atoms with Crippen LogP contribution in [0.1, 0.15) is 43.2 Å². The molecule has 3 rings (SSSR count). The zero-order valence-electron chi connectivity index (χ0n) is 13.7. The van der Waals surface area contributed by atoms with Gasteiger partial charge in [0.05, 0.1) is 13.7 Å². The Morgan fingerprint density at radius 1 is 1.13 bits per heavy atom. The first-order valence-electron chi connectivity index (χ1n) is 8.21. The van der Waals surface area contributed by atoms with Crippen LogP contribution in [-0.4, -0.2) is 12.2 Å². The molecule has 0 unspecified atom stereocenters. The van der Waals surface area contributed by atoms with Gasteiger partial charge in [0.25, 0.3) is 0 Å². The van der Waals surface area contributed by atoms with Gasteiger partial charge in [-0.15, -0.1) is 0 Å². The van der Waals surface area contributed by atoms with Crippen LogP contribution < -0.4 is 4.74 Å². The number of hydrogen-bond acceptors (Lipinski definition) is 2. The smallest absolute Gasteiger partial charge is 0.131 e. The molecular weight excluding hydrogens is 291 g/mol. The molecule has 0 saturated heterocycles. The maximum absolute atomic E-state index is 14.4. The first-order chi connectivity index (χ1) is 11.1. The fraction of sp³-hybridized carbons (Fsp3) is 0.400. The Morgan fingerprint density at radius 3 is 2.61 bits per heavy atom. The Bertz CT molecular complexity index is 696. The highest BCUT2D eigenvalue weighted by Crippen LogP contribution is 2.44. The second-order valence-corrected chi connectivity index (χ2v) is 6.44. The molecule has 2 aromatic carbocycles. The van der Waals surface area contributed by atoms with Crippen molar-refractivity contribution < 1.29 is 14.2 Å². The van der Waals surface area contributed by atoms with Crippen molar-refractivity contribution in [2.45, 2.75) is 38.7 Å². The predicted octanol–water partition coefficient (Wildman–Crippen LogP) is 4.90. The molecule has 3 heteroatoms. The Hall–Kier alpha value is -1.87. The molecule has 1 saturated carbocycles. The minimum Gasteiger partial charge on any atom is -0.497 e.